The van der Waals surface area contributed by atoms with E-state index < -0.39 is 11.8 Å². The van der Waals surface area contributed by atoms with Crippen LogP contribution in [0.1, 0.15) is 21.7 Å². The Morgan fingerprint density at radius 2 is 2.11 bits per heavy atom. The molecule has 6 heteroatoms. The quantitative estimate of drug-likeness (QED) is 0.911. The van der Waals surface area contributed by atoms with E-state index in [1.165, 1.54) is 22.9 Å². The summed E-state index contributed by atoms with van der Waals surface area (Å²) < 4.78 is 15.1. The molecule has 0 spiro atoms. The van der Waals surface area contributed by atoms with Crippen molar-refractivity contribution in [2.75, 3.05) is 0 Å². The molecule has 0 aliphatic heterocycles. The summed E-state index contributed by atoms with van der Waals surface area (Å²) in [7, 11) is 0. The summed E-state index contributed by atoms with van der Waals surface area (Å²) >= 11 is 5.98. The molecule has 0 radical (unpaired) electrons. The summed E-state index contributed by atoms with van der Waals surface area (Å²) in [6.45, 7) is 3.33. The number of halogens is 2. The lowest BCUT2D eigenvalue weighted by atomic mass is 10.1. The van der Waals surface area contributed by atoms with E-state index in [4.69, 9.17) is 16.7 Å². The Balaban J connectivity index is 2.78. The van der Waals surface area contributed by atoms with Gasteiger partial charge in [0.15, 0.2) is 0 Å². The number of benzene rings is 1. The Bertz CT molecular complexity index is 637. The van der Waals surface area contributed by atoms with Crippen LogP contribution in [0.15, 0.2) is 18.2 Å². The number of rotatable bonds is 2. The summed E-state index contributed by atoms with van der Waals surface area (Å²) in [6, 6.07) is 3.85. The molecule has 2 rings (SSSR count). The van der Waals surface area contributed by atoms with Gasteiger partial charge in [-0.3, -0.25) is 0 Å². The van der Waals surface area contributed by atoms with Gasteiger partial charge in [-0.15, -0.1) is 0 Å². The lowest BCUT2D eigenvalue weighted by Crippen LogP contribution is -2.10. The number of aryl methyl sites for hydroxylation is 1. The van der Waals surface area contributed by atoms with Gasteiger partial charge in [0.2, 0.25) is 0 Å². The molecule has 0 saturated heterocycles. The first-order valence-corrected chi connectivity index (χ1v) is 5.55. The maximum atomic E-state index is 13.8. The largest absolute Gasteiger partial charge is 0.478 e. The Kier molecular flexibility index (Phi) is 3.09. The molecule has 4 nitrogen and oxygen atoms in total. The van der Waals surface area contributed by atoms with E-state index in [2.05, 4.69) is 5.10 Å². The Morgan fingerprint density at radius 1 is 1.44 bits per heavy atom. The van der Waals surface area contributed by atoms with Gasteiger partial charge in [-0.2, -0.15) is 5.10 Å². The summed E-state index contributed by atoms with van der Waals surface area (Å²) in [5, 5.41) is 13.5. The van der Waals surface area contributed by atoms with Crippen molar-refractivity contribution in [3.8, 4) is 5.69 Å². The monoisotopic (exact) mass is 268 g/mol. The molecule has 1 N–H and O–H groups in total. The Morgan fingerprint density at radius 3 is 2.61 bits per heavy atom. The lowest BCUT2D eigenvalue weighted by Gasteiger charge is -2.09. The molecular formula is C12H10ClFN2O2. The van der Waals surface area contributed by atoms with E-state index in [9.17, 15) is 9.18 Å². The van der Waals surface area contributed by atoms with Crippen LogP contribution in [-0.4, -0.2) is 20.9 Å². The van der Waals surface area contributed by atoms with Crippen molar-refractivity contribution in [3.63, 3.8) is 0 Å². The van der Waals surface area contributed by atoms with Crippen LogP contribution >= 0.6 is 11.6 Å². The number of carbonyl (C=O) groups is 1. The molecule has 0 unspecified atom stereocenters. The van der Waals surface area contributed by atoms with Crippen molar-refractivity contribution < 1.29 is 14.3 Å². The first-order chi connectivity index (χ1) is 8.43. The van der Waals surface area contributed by atoms with Gasteiger partial charge in [-0.25, -0.2) is 13.9 Å². The fourth-order valence-corrected chi connectivity index (χ4v) is 1.86. The number of carboxylic acids is 1. The van der Waals surface area contributed by atoms with Gasteiger partial charge < -0.3 is 5.11 Å². The molecule has 18 heavy (non-hydrogen) atoms. The minimum atomic E-state index is -1.21. The maximum absolute atomic E-state index is 13.8. The normalized spacial score (nSPS) is 10.7. The molecule has 1 aromatic heterocycles. The van der Waals surface area contributed by atoms with Crippen LogP contribution in [0.2, 0.25) is 5.02 Å². The fourth-order valence-electron chi connectivity index (χ4n) is 1.74. The van der Waals surface area contributed by atoms with E-state index in [1.54, 1.807) is 13.8 Å². The van der Waals surface area contributed by atoms with Crippen LogP contribution in [0.3, 0.4) is 0 Å². The SMILES string of the molecule is Cc1nn(-c2c(F)cccc2C(=O)O)c(C)c1Cl. The van der Waals surface area contributed by atoms with Crippen LogP contribution in [0.25, 0.3) is 5.69 Å². The summed E-state index contributed by atoms with van der Waals surface area (Å²) in [5.41, 5.74) is 0.769. The van der Waals surface area contributed by atoms with E-state index in [0.29, 0.717) is 16.4 Å². The highest BCUT2D eigenvalue weighted by molar-refractivity contribution is 6.31. The van der Waals surface area contributed by atoms with Gasteiger partial charge in [-0.1, -0.05) is 17.7 Å². The molecule has 0 fully saturated rings. The molecule has 94 valence electrons. The smallest absolute Gasteiger partial charge is 0.338 e. The molecule has 1 heterocycles. The van der Waals surface area contributed by atoms with Crippen LogP contribution in [-0.2, 0) is 0 Å². The Labute approximate surface area is 108 Å². The van der Waals surface area contributed by atoms with Crippen molar-refractivity contribution in [1.29, 1.82) is 0 Å². The summed E-state index contributed by atoms with van der Waals surface area (Å²) in [5.74, 6) is -1.87. The second-order valence-electron chi connectivity index (χ2n) is 3.84. The van der Waals surface area contributed by atoms with E-state index >= 15 is 0 Å². The van der Waals surface area contributed by atoms with Gasteiger partial charge in [0.25, 0.3) is 0 Å². The van der Waals surface area contributed by atoms with Crippen LogP contribution in [0, 0.1) is 19.7 Å². The van der Waals surface area contributed by atoms with Gasteiger partial charge in [0.1, 0.15) is 11.5 Å². The van der Waals surface area contributed by atoms with Gasteiger partial charge in [-0.05, 0) is 26.0 Å². The average molecular weight is 269 g/mol. The topological polar surface area (TPSA) is 55.1 Å². The molecule has 0 aliphatic carbocycles. The molecular weight excluding hydrogens is 259 g/mol. The molecule has 2 aromatic rings. The molecule has 0 saturated carbocycles. The van der Waals surface area contributed by atoms with Gasteiger partial charge in [0.05, 0.1) is 22.0 Å². The zero-order valence-electron chi connectivity index (χ0n) is 9.74. The van der Waals surface area contributed by atoms with Crippen LogP contribution in [0.4, 0.5) is 4.39 Å². The van der Waals surface area contributed by atoms with Crippen molar-refractivity contribution in [1.82, 2.24) is 9.78 Å². The minimum absolute atomic E-state index is 0.0995. The molecule has 1 aromatic carbocycles. The zero-order chi connectivity index (χ0) is 13.4. The van der Waals surface area contributed by atoms with Crippen molar-refractivity contribution in [3.05, 3.63) is 46.0 Å². The Hall–Kier alpha value is -1.88. The van der Waals surface area contributed by atoms with Crippen LogP contribution in [0.5, 0.6) is 0 Å². The maximum Gasteiger partial charge on any atom is 0.338 e. The predicted molar refractivity (Wildman–Crippen MR) is 65.0 cm³/mol. The van der Waals surface area contributed by atoms with Crippen molar-refractivity contribution in [2.24, 2.45) is 0 Å². The van der Waals surface area contributed by atoms with E-state index in [-0.39, 0.29) is 11.3 Å². The summed E-state index contributed by atoms with van der Waals surface area (Å²) in [4.78, 5) is 11.1. The molecule has 0 aliphatic rings. The third-order valence-corrected chi connectivity index (χ3v) is 3.18. The standard InChI is InChI=1S/C12H10ClFN2O2/c1-6-10(13)7(2)16(15-6)11-8(12(17)18)4-3-5-9(11)14/h3-5H,1-2H3,(H,17,18). The number of nitrogens with zero attached hydrogens (tertiary/aromatic N) is 2. The average Bonchev–Trinajstić information content (AvgIpc) is 2.56. The number of carboxylic acid groups (broad SMARTS) is 1. The highest BCUT2D eigenvalue weighted by Crippen LogP contribution is 2.26. The van der Waals surface area contributed by atoms with Crippen molar-refractivity contribution >= 4 is 17.6 Å². The first-order valence-electron chi connectivity index (χ1n) is 5.17. The minimum Gasteiger partial charge on any atom is -0.478 e. The second-order valence-corrected chi connectivity index (χ2v) is 4.22. The zero-order valence-corrected chi connectivity index (χ0v) is 10.5. The van der Waals surface area contributed by atoms with Gasteiger partial charge in [0, 0.05) is 0 Å². The second kappa shape index (κ2) is 4.42. The van der Waals surface area contributed by atoms with Crippen LogP contribution < -0.4 is 0 Å². The highest BCUT2D eigenvalue weighted by atomic mass is 35.5. The molecule has 0 bridgehead atoms. The lowest BCUT2D eigenvalue weighted by molar-refractivity contribution is 0.0696. The van der Waals surface area contributed by atoms with Gasteiger partial charge >= 0.3 is 5.97 Å². The van der Waals surface area contributed by atoms with Crippen molar-refractivity contribution in [2.45, 2.75) is 13.8 Å². The number of para-hydroxylation sites is 1. The summed E-state index contributed by atoms with van der Waals surface area (Å²) in [6.07, 6.45) is 0. The molecule has 0 amide bonds. The number of hydrogen-bond acceptors (Lipinski definition) is 2. The third-order valence-electron chi connectivity index (χ3n) is 2.63. The fraction of sp³-hybridized carbons (Fsp3) is 0.167. The van der Waals surface area contributed by atoms with E-state index in [1.807, 2.05) is 0 Å². The molecule has 0 atom stereocenters. The number of hydrogen-bond donors (Lipinski definition) is 1. The number of aromatic carboxylic acids is 1. The number of aromatic nitrogens is 2. The third kappa shape index (κ3) is 1.86. The van der Waals surface area contributed by atoms with E-state index in [0.717, 1.165) is 0 Å². The first kappa shape index (κ1) is 12.6. The predicted octanol–water partition coefficient (Wildman–Crippen LogP) is 2.98. The highest BCUT2D eigenvalue weighted by Gasteiger charge is 2.20.